The van der Waals surface area contributed by atoms with Crippen LogP contribution in [0, 0.1) is 0 Å². The van der Waals surface area contributed by atoms with Crippen molar-refractivity contribution in [3.63, 3.8) is 0 Å². The van der Waals surface area contributed by atoms with Crippen molar-refractivity contribution < 1.29 is 0 Å². The van der Waals surface area contributed by atoms with E-state index in [2.05, 4.69) is 41.8 Å². The van der Waals surface area contributed by atoms with Crippen LogP contribution < -0.4 is 4.90 Å². The average molecular weight is 321 g/mol. The molecule has 0 aliphatic carbocycles. The van der Waals surface area contributed by atoms with Gasteiger partial charge in [0.1, 0.15) is 11.3 Å². The van der Waals surface area contributed by atoms with E-state index in [1.165, 1.54) is 25.7 Å². The van der Waals surface area contributed by atoms with Gasteiger partial charge in [-0.3, -0.25) is 4.98 Å². The third-order valence-electron chi connectivity index (χ3n) is 3.67. The maximum absolute atomic E-state index is 4.67. The van der Waals surface area contributed by atoms with Crippen LogP contribution in [0.15, 0.2) is 24.5 Å². The van der Waals surface area contributed by atoms with Gasteiger partial charge in [0.25, 0.3) is 0 Å². The fourth-order valence-electron chi connectivity index (χ4n) is 2.64. The number of nitrogens with zero attached hydrogens (tertiary/aromatic N) is 4. The van der Waals surface area contributed by atoms with Gasteiger partial charge in [0, 0.05) is 30.3 Å². The monoisotopic (exact) mass is 320 g/mol. The molecule has 0 saturated carbocycles. The van der Waals surface area contributed by atoms with Crippen molar-refractivity contribution in [1.29, 1.82) is 0 Å². The van der Waals surface area contributed by atoms with Gasteiger partial charge in [-0.15, -0.1) is 0 Å². The van der Waals surface area contributed by atoms with Crippen LogP contribution in [0.1, 0.15) is 25.7 Å². The summed E-state index contributed by atoms with van der Waals surface area (Å²) >= 11 is 3.64. The molecule has 1 aliphatic heterocycles. The quantitative estimate of drug-likeness (QED) is 0.797. The number of hydrogen-bond acceptors (Lipinski definition) is 4. The smallest absolute Gasteiger partial charge is 0.180 e. The van der Waals surface area contributed by atoms with Gasteiger partial charge in [-0.2, -0.15) is 0 Å². The summed E-state index contributed by atoms with van der Waals surface area (Å²) < 4.78 is 0. The van der Waals surface area contributed by atoms with Gasteiger partial charge in [0.05, 0.1) is 0 Å². The van der Waals surface area contributed by atoms with Crippen LogP contribution in [0.25, 0.3) is 11.2 Å². The van der Waals surface area contributed by atoms with Crippen molar-refractivity contribution in [3.05, 3.63) is 24.5 Å². The highest BCUT2D eigenvalue weighted by Crippen LogP contribution is 2.24. The topological polar surface area (TPSA) is 41.9 Å². The molecule has 0 amide bonds. The van der Waals surface area contributed by atoms with Gasteiger partial charge in [-0.05, 0) is 25.0 Å². The molecule has 3 heterocycles. The van der Waals surface area contributed by atoms with Crippen molar-refractivity contribution in [2.24, 2.45) is 0 Å². The highest BCUT2D eigenvalue weighted by atomic mass is 79.9. The molecule has 0 bridgehead atoms. The molecule has 1 atom stereocenters. The first kappa shape index (κ1) is 12.8. The van der Waals surface area contributed by atoms with E-state index in [4.69, 9.17) is 0 Å². The van der Waals surface area contributed by atoms with E-state index in [1.54, 1.807) is 12.4 Å². The van der Waals surface area contributed by atoms with Crippen LogP contribution >= 0.6 is 15.9 Å². The number of alkyl halides is 1. The standard InChI is InChI=1S/C14H17BrN4/c15-10-11-4-2-1-3-9-19(11)13-6-5-12-14(18-13)17-8-7-16-12/h5-8,11H,1-4,9-10H2. The summed E-state index contributed by atoms with van der Waals surface area (Å²) in [5.74, 6) is 1.03. The van der Waals surface area contributed by atoms with Gasteiger partial charge < -0.3 is 4.90 Å². The minimum Gasteiger partial charge on any atom is -0.353 e. The molecule has 1 saturated heterocycles. The molecule has 2 aromatic rings. The third-order valence-corrected chi connectivity index (χ3v) is 4.41. The molecule has 1 unspecified atom stereocenters. The van der Waals surface area contributed by atoms with Crippen LogP contribution in [0.4, 0.5) is 5.82 Å². The second kappa shape index (κ2) is 5.82. The Morgan fingerprint density at radius 1 is 1.16 bits per heavy atom. The number of rotatable bonds is 2. The lowest BCUT2D eigenvalue weighted by Gasteiger charge is -2.29. The van der Waals surface area contributed by atoms with Crippen LogP contribution in [0.2, 0.25) is 0 Å². The first-order valence-corrected chi connectivity index (χ1v) is 7.91. The Bertz CT molecular complexity index is 560. The summed E-state index contributed by atoms with van der Waals surface area (Å²) in [6.45, 7) is 1.08. The first-order valence-electron chi connectivity index (χ1n) is 6.79. The molecule has 0 radical (unpaired) electrons. The predicted molar refractivity (Wildman–Crippen MR) is 80.7 cm³/mol. The fraction of sp³-hybridized carbons (Fsp3) is 0.500. The number of aromatic nitrogens is 3. The lowest BCUT2D eigenvalue weighted by molar-refractivity contribution is 0.622. The summed E-state index contributed by atoms with van der Waals surface area (Å²) in [6.07, 6.45) is 8.49. The van der Waals surface area contributed by atoms with Crippen LogP contribution in [0.3, 0.4) is 0 Å². The van der Waals surface area contributed by atoms with E-state index in [-0.39, 0.29) is 0 Å². The molecular weight excluding hydrogens is 304 g/mol. The lowest BCUT2D eigenvalue weighted by Crippen LogP contribution is -2.36. The summed E-state index contributed by atoms with van der Waals surface area (Å²) in [4.78, 5) is 15.7. The first-order chi connectivity index (χ1) is 9.38. The zero-order valence-electron chi connectivity index (χ0n) is 10.8. The Kier molecular flexibility index (Phi) is 3.92. The minimum absolute atomic E-state index is 0.532. The minimum atomic E-state index is 0.532. The van der Waals surface area contributed by atoms with Gasteiger partial charge in [0.15, 0.2) is 5.65 Å². The number of hydrogen-bond donors (Lipinski definition) is 0. The summed E-state index contributed by atoms with van der Waals surface area (Å²) in [6, 6.07) is 4.61. The second-order valence-electron chi connectivity index (χ2n) is 4.92. The van der Waals surface area contributed by atoms with Gasteiger partial charge in [0.2, 0.25) is 0 Å². The Morgan fingerprint density at radius 3 is 2.95 bits per heavy atom. The SMILES string of the molecule is BrCC1CCCCCN1c1ccc2nccnc2n1. The van der Waals surface area contributed by atoms with E-state index in [1.807, 2.05) is 6.07 Å². The number of anilines is 1. The summed E-state index contributed by atoms with van der Waals surface area (Å²) in [5.41, 5.74) is 1.59. The van der Waals surface area contributed by atoms with Crippen molar-refractivity contribution in [3.8, 4) is 0 Å². The van der Waals surface area contributed by atoms with E-state index in [9.17, 15) is 0 Å². The van der Waals surface area contributed by atoms with Crippen molar-refractivity contribution in [2.45, 2.75) is 31.7 Å². The predicted octanol–water partition coefficient (Wildman–Crippen LogP) is 3.17. The molecule has 5 heteroatoms. The number of fused-ring (bicyclic) bond motifs is 1. The zero-order valence-corrected chi connectivity index (χ0v) is 12.4. The fourth-order valence-corrected chi connectivity index (χ4v) is 3.32. The molecule has 1 aliphatic rings. The average Bonchev–Trinajstić information content (AvgIpc) is 2.72. The highest BCUT2D eigenvalue weighted by molar-refractivity contribution is 9.09. The van der Waals surface area contributed by atoms with Gasteiger partial charge in [-0.1, -0.05) is 28.8 Å². The van der Waals surface area contributed by atoms with Crippen LogP contribution in [-0.2, 0) is 0 Å². The van der Waals surface area contributed by atoms with E-state index in [0.29, 0.717) is 6.04 Å². The largest absolute Gasteiger partial charge is 0.353 e. The van der Waals surface area contributed by atoms with Crippen molar-refractivity contribution in [1.82, 2.24) is 15.0 Å². The highest BCUT2D eigenvalue weighted by Gasteiger charge is 2.21. The summed E-state index contributed by atoms with van der Waals surface area (Å²) in [7, 11) is 0. The second-order valence-corrected chi connectivity index (χ2v) is 5.57. The Balaban J connectivity index is 1.96. The van der Waals surface area contributed by atoms with Gasteiger partial charge in [-0.25, -0.2) is 9.97 Å². The molecule has 0 aromatic carbocycles. The third kappa shape index (κ3) is 2.71. The number of pyridine rings is 1. The molecular formula is C14H17BrN4. The zero-order chi connectivity index (χ0) is 13.1. The van der Waals surface area contributed by atoms with Crippen LogP contribution in [-0.4, -0.2) is 32.9 Å². The van der Waals surface area contributed by atoms with Crippen LogP contribution in [0.5, 0.6) is 0 Å². The number of halogens is 1. The van der Waals surface area contributed by atoms with E-state index in [0.717, 1.165) is 28.9 Å². The normalized spacial score (nSPS) is 20.5. The maximum Gasteiger partial charge on any atom is 0.180 e. The Hall–Kier alpha value is -1.23. The summed E-state index contributed by atoms with van der Waals surface area (Å²) in [5, 5.41) is 0.993. The molecule has 0 spiro atoms. The molecule has 100 valence electrons. The Morgan fingerprint density at radius 2 is 2.05 bits per heavy atom. The van der Waals surface area contributed by atoms with Crippen molar-refractivity contribution >= 4 is 32.9 Å². The molecule has 2 aromatic heterocycles. The molecule has 1 fully saturated rings. The maximum atomic E-state index is 4.67. The lowest BCUT2D eigenvalue weighted by atomic mass is 10.1. The van der Waals surface area contributed by atoms with Gasteiger partial charge >= 0.3 is 0 Å². The van der Waals surface area contributed by atoms with Crippen molar-refractivity contribution in [2.75, 3.05) is 16.8 Å². The molecule has 19 heavy (non-hydrogen) atoms. The molecule has 0 N–H and O–H groups in total. The molecule has 3 rings (SSSR count). The van der Waals surface area contributed by atoms with E-state index >= 15 is 0 Å². The Labute approximate surface area is 121 Å². The molecule has 4 nitrogen and oxygen atoms in total. The van der Waals surface area contributed by atoms with E-state index < -0.39 is 0 Å².